The molecule has 174 valence electrons. The summed E-state index contributed by atoms with van der Waals surface area (Å²) < 4.78 is 5.92. The highest BCUT2D eigenvalue weighted by molar-refractivity contribution is 6.06. The van der Waals surface area contributed by atoms with Crippen LogP contribution < -0.4 is 10.7 Å². The van der Waals surface area contributed by atoms with Crippen molar-refractivity contribution in [3.63, 3.8) is 0 Å². The number of nitro benzene ring substituents is 2. The Labute approximate surface area is 189 Å². The average Bonchev–Trinajstić information content (AvgIpc) is 3.15. The number of amides is 1. The molecule has 11 nitrogen and oxygen atoms in total. The highest BCUT2D eigenvalue weighted by Crippen LogP contribution is 2.32. The molecule has 2 N–H and O–H groups in total. The molecule has 33 heavy (non-hydrogen) atoms. The van der Waals surface area contributed by atoms with Crippen LogP contribution in [0.5, 0.6) is 0 Å². The van der Waals surface area contributed by atoms with Gasteiger partial charge in [0.25, 0.3) is 11.6 Å². The van der Waals surface area contributed by atoms with E-state index in [2.05, 4.69) is 15.8 Å². The lowest BCUT2D eigenvalue weighted by molar-refractivity contribution is -0.393. The molecular formula is C22H25N5O6. The molecule has 2 aliphatic rings. The molecule has 0 radical (unpaired) electrons. The maximum absolute atomic E-state index is 12.9. The zero-order valence-electron chi connectivity index (χ0n) is 18.3. The number of carbonyl (C=O) groups excluding carboxylic acids is 1. The third-order valence-corrected chi connectivity index (χ3v) is 6.17. The van der Waals surface area contributed by atoms with Crippen molar-refractivity contribution in [2.45, 2.75) is 64.3 Å². The molecule has 0 aliphatic heterocycles. The van der Waals surface area contributed by atoms with Gasteiger partial charge in [0, 0.05) is 29.7 Å². The first-order chi connectivity index (χ1) is 15.8. The summed E-state index contributed by atoms with van der Waals surface area (Å²) in [5.41, 5.74) is 3.97. The van der Waals surface area contributed by atoms with Crippen LogP contribution in [0.3, 0.4) is 0 Å². The Morgan fingerprint density at radius 1 is 1.09 bits per heavy atom. The van der Waals surface area contributed by atoms with E-state index in [1.165, 1.54) is 18.6 Å². The minimum absolute atomic E-state index is 0.0432. The Morgan fingerprint density at radius 2 is 1.85 bits per heavy atom. The number of nitro groups is 2. The van der Waals surface area contributed by atoms with Crippen LogP contribution >= 0.6 is 0 Å². The Kier molecular flexibility index (Phi) is 6.38. The lowest BCUT2D eigenvalue weighted by Crippen LogP contribution is -2.36. The molecule has 1 aromatic carbocycles. The number of hydrazone groups is 1. The summed E-state index contributed by atoms with van der Waals surface area (Å²) >= 11 is 0. The van der Waals surface area contributed by atoms with E-state index in [9.17, 15) is 25.0 Å². The minimum atomic E-state index is -0.696. The molecule has 4 rings (SSSR count). The van der Waals surface area contributed by atoms with Gasteiger partial charge in [-0.15, -0.1) is 0 Å². The van der Waals surface area contributed by atoms with Crippen molar-refractivity contribution in [3.05, 3.63) is 61.1 Å². The van der Waals surface area contributed by atoms with Crippen LogP contribution in [0.4, 0.5) is 17.1 Å². The normalized spacial score (nSPS) is 17.4. The van der Waals surface area contributed by atoms with Crippen molar-refractivity contribution in [1.82, 2.24) is 5.32 Å². The summed E-state index contributed by atoms with van der Waals surface area (Å²) in [6.45, 7) is 1.81. The molecule has 1 amide bonds. The molecule has 1 fully saturated rings. The highest BCUT2D eigenvalue weighted by atomic mass is 16.6. The predicted molar refractivity (Wildman–Crippen MR) is 121 cm³/mol. The van der Waals surface area contributed by atoms with E-state index in [0.717, 1.165) is 43.7 Å². The molecule has 0 atom stereocenters. The number of nitrogens with one attached hydrogen (secondary N) is 2. The van der Waals surface area contributed by atoms with E-state index in [1.54, 1.807) is 0 Å². The van der Waals surface area contributed by atoms with Gasteiger partial charge in [0.15, 0.2) is 5.76 Å². The van der Waals surface area contributed by atoms with Gasteiger partial charge in [0.1, 0.15) is 11.4 Å². The largest absolute Gasteiger partial charge is 0.455 e. The van der Waals surface area contributed by atoms with E-state index in [0.29, 0.717) is 29.9 Å². The summed E-state index contributed by atoms with van der Waals surface area (Å²) in [4.78, 5) is 33.8. The van der Waals surface area contributed by atoms with Crippen molar-refractivity contribution in [3.8, 4) is 0 Å². The van der Waals surface area contributed by atoms with Crippen LogP contribution in [0, 0.1) is 27.2 Å². The van der Waals surface area contributed by atoms with Gasteiger partial charge >= 0.3 is 5.69 Å². The van der Waals surface area contributed by atoms with Crippen molar-refractivity contribution < 1.29 is 19.1 Å². The smallest absolute Gasteiger partial charge is 0.301 e. The van der Waals surface area contributed by atoms with Gasteiger partial charge in [-0.25, -0.2) is 0 Å². The first kappa shape index (κ1) is 22.4. The van der Waals surface area contributed by atoms with E-state index >= 15 is 0 Å². The monoisotopic (exact) mass is 455 g/mol. The molecule has 2 aliphatic carbocycles. The SMILES string of the molecule is Cc1c(C(=O)NC2CCCCC2)oc2c1/C(=N/Nc1ccc([N+](=O)[O-])cc1[N+](=O)[O-])CCC2. The summed E-state index contributed by atoms with van der Waals surface area (Å²) in [6.07, 6.45) is 7.37. The quantitative estimate of drug-likeness (QED) is 0.476. The van der Waals surface area contributed by atoms with Crippen LogP contribution in [0.25, 0.3) is 0 Å². The van der Waals surface area contributed by atoms with Gasteiger partial charge in [0.2, 0.25) is 0 Å². The van der Waals surface area contributed by atoms with E-state index in [1.807, 2.05) is 6.92 Å². The number of furan rings is 1. The third-order valence-electron chi connectivity index (χ3n) is 6.17. The molecule has 0 unspecified atom stereocenters. The van der Waals surface area contributed by atoms with Crippen molar-refractivity contribution >= 4 is 28.7 Å². The molecule has 2 aromatic rings. The van der Waals surface area contributed by atoms with Crippen molar-refractivity contribution in [2.75, 3.05) is 5.43 Å². The molecule has 1 heterocycles. The van der Waals surface area contributed by atoms with Crippen LogP contribution in [-0.4, -0.2) is 27.5 Å². The number of hydrogen-bond donors (Lipinski definition) is 2. The number of nitrogens with zero attached hydrogens (tertiary/aromatic N) is 3. The van der Waals surface area contributed by atoms with Crippen molar-refractivity contribution in [2.24, 2.45) is 5.10 Å². The second-order valence-electron chi connectivity index (χ2n) is 8.40. The molecule has 0 spiro atoms. The van der Waals surface area contributed by atoms with Gasteiger partial charge in [-0.2, -0.15) is 5.10 Å². The number of hydrogen-bond acceptors (Lipinski definition) is 8. The van der Waals surface area contributed by atoms with Gasteiger partial charge < -0.3 is 9.73 Å². The van der Waals surface area contributed by atoms with E-state index < -0.39 is 15.5 Å². The number of non-ortho nitro benzene ring substituents is 1. The zero-order valence-corrected chi connectivity index (χ0v) is 18.3. The van der Waals surface area contributed by atoms with E-state index in [-0.39, 0.29) is 29.1 Å². The summed E-state index contributed by atoms with van der Waals surface area (Å²) in [7, 11) is 0. The summed E-state index contributed by atoms with van der Waals surface area (Å²) in [6, 6.07) is 3.49. The molecular weight excluding hydrogens is 430 g/mol. The van der Waals surface area contributed by atoms with Crippen molar-refractivity contribution in [1.29, 1.82) is 0 Å². The number of rotatable bonds is 6. The fraction of sp³-hybridized carbons (Fsp3) is 0.455. The lowest BCUT2D eigenvalue weighted by Gasteiger charge is -2.22. The first-order valence-electron chi connectivity index (χ1n) is 11.0. The van der Waals surface area contributed by atoms with Gasteiger partial charge in [0.05, 0.1) is 21.6 Å². The third kappa shape index (κ3) is 4.71. The zero-order chi connectivity index (χ0) is 23.5. The second kappa shape index (κ2) is 9.39. The Balaban J connectivity index is 1.59. The number of carbonyl (C=O) groups is 1. The number of anilines is 1. The molecule has 1 saturated carbocycles. The molecule has 11 heteroatoms. The highest BCUT2D eigenvalue weighted by Gasteiger charge is 2.29. The van der Waals surface area contributed by atoms with Gasteiger partial charge in [-0.05, 0) is 38.7 Å². The minimum Gasteiger partial charge on any atom is -0.455 e. The van der Waals surface area contributed by atoms with Crippen LogP contribution in [0.2, 0.25) is 0 Å². The lowest BCUT2D eigenvalue weighted by atomic mass is 9.93. The predicted octanol–water partition coefficient (Wildman–Crippen LogP) is 4.62. The second-order valence-corrected chi connectivity index (χ2v) is 8.40. The standard InChI is InChI=1S/C22H25N5O6/c1-13-20-17(25-24-16-11-10-15(26(29)30)12-18(16)27(31)32)8-5-9-19(20)33-21(13)22(28)23-14-6-3-2-4-7-14/h10-12,14,24H,2-9H2,1H3,(H,23,28)/b25-17+. The Morgan fingerprint density at radius 3 is 2.55 bits per heavy atom. The van der Waals surface area contributed by atoms with Crippen LogP contribution in [0.15, 0.2) is 27.7 Å². The van der Waals surface area contributed by atoms with Gasteiger partial charge in [-0.1, -0.05) is 19.3 Å². The maximum Gasteiger partial charge on any atom is 0.301 e. The summed E-state index contributed by atoms with van der Waals surface area (Å²) in [5.74, 6) is 0.722. The average molecular weight is 455 g/mol. The topological polar surface area (TPSA) is 153 Å². The molecule has 0 bridgehead atoms. The van der Waals surface area contributed by atoms with Crippen LogP contribution in [-0.2, 0) is 6.42 Å². The Hall–Kier alpha value is -3.76. The number of fused-ring (bicyclic) bond motifs is 1. The fourth-order valence-corrected chi connectivity index (χ4v) is 4.50. The molecule has 1 aromatic heterocycles. The number of aryl methyl sites for hydroxylation is 1. The van der Waals surface area contributed by atoms with Gasteiger partial charge in [-0.3, -0.25) is 30.4 Å². The van der Waals surface area contributed by atoms with E-state index in [4.69, 9.17) is 4.42 Å². The first-order valence-corrected chi connectivity index (χ1v) is 11.0. The molecule has 0 saturated heterocycles. The number of benzene rings is 1. The van der Waals surface area contributed by atoms with Crippen LogP contribution in [0.1, 0.15) is 72.4 Å². The Bertz CT molecular complexity index is 1130. The fourth-order valence-electron chi connectivity index (χ4n) is 4.50. The summed E-state index contributed by atoms with van der Waals surface area (Å²) in [5, 5.41) is 29.8. The maximum atomic E-state index is 12.9.